The first-order valence-corrected chi connectivity index (χ1v) is 6.30. The molecule has 2 N–H and O–H groups in total. The Morgan fingerprint density at radius 1 is 1.39 bits per heavy atom. The van der Waals surface area contributed by atoms with E-state index in [1.165, 1.54) is 6.07 Å². The van der Waals surface area contributed by atoms with Gasteiger partial charge in [0, 0.05) is 25.0 Å². The maximum Gasteiger partial charge on any atom is 0.220 e. The molecule has 1 saturated carbocycles. The lowest BCUT2D eigenvalue weighted by atomic mass is 9.95. The number of halogens is 1. The summed E-state index contributed by atoms with van der Waals surface area (Å²) >= 11 is 0. The number of hydrogen-bond acceptors (Lipinski definition) is 2. The lowest BCUT2D eigenvalue weighted by Gasteiger charge is -2.17. The molecule has 2 rings (SSSR count). The lowest BCUT2D eigenvalue weighted by Crippen LogP contribution is -2.32. The van der Waals surface area contributed by atoms with E-state index in [-0.39, 0.29) is 23.7 Å². The molecule has 0 unspecified atom stereocenters. The van der Waals surface area contributed by atoms with Gasteiger partial charge in [0.25, 0.3) is 0 Å². The molecule has 0 heterocycles. The minimum atomic E-state index is -0.208. The van der Waals surface area contributed by atoms with Gasteiger partial charge in [0.1, 0.15) is 5.82 Å². The van der Waals surface area contributed by atoms with Crippen molar-refractivity contribution < 1.29 is 14.3 Å². The van der Waals surface area contributed by atoms with Crippen LogP contribution in [0.25, 0.3) is 0 Å². The molecule has 1 amide bonds. The van der Waals surface area contributed by atoms with Crippen molar-refractivity contribution in [1.82, 2.24) is 5.32 Å². The van der Waals surface area contributed by atoms with Crippen molar-refractivity contribution in [2.75, 3.05) is 13.2 Å². The molecule has 0 aliphatic heterocycles. The van der Waals surface area contributed by atoms with Crippen LogP contribution in [0.3, 0.4) is 0 Å². The van der Waals surface area contributed by atoms with Gasteiger partial charge in [-0.25, -0.2) is 4.39 Å². The summed E-state index contributed by atoms with van der Waals surface area (Å²) < 4.78 is 13.7. The minimum absolute atomic E-state index is 0.0197. The van der Waals surface area contributed by atoms with Crippen LogP contribution in [-0.2, 0) is 10.2 Å². The van der Waals surface area contributed by atoms with Crippen LogP contribution < -0.4 is 5.32 Å². The Morgan fingerprint density at radius 2 is 2.11 bits per heavy atom. The second-order valence-electron chi connectivity index (χ2n) is 4.86. The zero-order valence-corrected chi connectivity index (χ0v) is 10.3. The fourth-order valence-electron chi connectivity index (χ4n) is 2.18. The predicted octanol–water partition coefficient (Wildman–Crippen LogP) is 1.75. The number of rotatable bonds is 6. The Labute approximate surface area is 106 Å². The molecule has 1 aliphatic carbocycles. The quantitative estimate of drug-likeness (QED) is 0.809. The van der Waals surface area contributed by atoms with Crippen LogP contribution >= 0.6 is 0 Å². The molecule has 3 nitrogen and oxygen atoms in total. The zero-order valence-electron chi connectivity index (χ0n) is 10.3. The molecular formula is C14H18FNO2. The van der Waals surface area contributed by atoms with Crippen LogP contribution in [-0.4, -0.2) is 24.2 Å². The average molecular weight is 251 g/mol. The van der Waals surface area contributed by atoms with Gasteiger partial charge < -0.3 is 10.4 Å². The Bertz CT molecular complexity index is 430. The van der Waals surface area contributed by atoms with Crippen molar-refractivity contribution in [2.45, 2.75) is 31.1 Å². The standard InChI is InChI=1S/C14H18FNO2/c15-12-5-2-1-4-11(12)14(7-8-14)10-16-13(18)6-3-9-17/h1-2,4-5,17H,3,6-10H2,(H,16,18). The van der Waals surface area contributed by atoms with Gasteiger partial charge in [-0.2, -0.15) is 0 Å². The molecule has 0 bridgehead atoms. The summed E-state index contributed by atoms with van der Waals surface area (Å²) in [4.78, 5) is 11.5. The number of amides is 1. The van der Waals surface area contributed by atoms with Gasteiger partial charge >= 0.3 is 0 Å². The minimum Gasteiger partial charge on any atom is -0.396 e. The first-order valence-electron chi connectivity index (χ1n) is 6.30. The Hall–Kier alpha value is -1.42. The summed E-state index contributed by atoms with van der Waals surface area (Å²) in [6.07, 6.45) is 2.62. The van der Waals surface area contributed by atoms with Crippen LogP contribution in [0.1, 0.15) is 31.2 Å². The summed E-state index contributed by atoms with van der Waals surface area (Å²) in [5.74, 6) is -0.272. The molecule has 1 fully saturated rings. The van der Waals surface area contributed by atoms with E-state index in [4.69, 9.17) is 5.11 Å². The maximum absolute atomic E-state index is 13.7. The number of carbonyl (C=O) groups is 1. The van der Waals surface area contributed by atoms with E-state index >= 15 is 0 Å². The third-order valence-electron chi connectivity index (χ3n) is 3.48. The SMILES string of the molecule is O=C(CCCO)NCC1(c2ccccc2F)CC1. The second kappa shape index (κ2) is 5.48. The zero-order chi connectivity index (χ0) is 13.0. The molecule has 0 atom stereocenters. The van der Waals surface area contributed by atoms with E-state index in [0.29, 0.717) is 24.9 Å². The summed E-state index contributed by atoms with van der Waals surface area (Å²) in [5.41, 5.74) is 0.493. The predicted molar refractivity (Wildman–Crippen MR) is 66.6 cm³/mol. The fraction of sp³-hybridized carbons (Fsp3) is 0.500. The van der Waals surface area contributed by atoms with Crippen molar-refractivity contribution >= 4 is 5.91 Å². The number of nitrogens with one attached hydrogen (secondary N) is 1. The van der Waals surface area contributed by atoms with Crippen LogP contribution in [0, 0.1) is 5.82 Å². The normalized spacial score (nSPS) is 16.3. The number of aliphatic hydroxyl groups is 1. The Kier molecular flexibility index (Phi) is 3.97. The van der Waals surface area contributed by atoms with Gasteiger partial charge in [-0.15, -0.1) is 0 Å². The molecular weight excluding hydrogens is 233 g/mol. The van der Waals surface area contributed by atoms with Gasteiger partial charge in [-0.3, -0.25) is 4.79 Å². The van der Waals surface area contributed by atoms with Gasteiger partial charge in [0.2, 0.25) is 5.91 Å². The third kappa shape index (κ3) is 2.88. The molecule has 0 radical (unpaired) electrons. The smallest absolute Gasteiger partial charge is 0.220 e. The van der Waals surface area contributed by atoms with E-state index in [2.05, 4.69) is 5.32 Å². The Balaban J connectivity index is 1.93. The molecule has 18 heavy (non-hydrogen) atoms. The van der Waals surface area contributed by atoms with Crippen LogP contribution in [0.4, 0.5) is 4.39 Å². The van der Waals surface area contributed by atoms with Crippen molar-refractivity contribution in [2.24, 2.45) is 0 Å². The molecule has 98 valence electrons. The summed E-state index contributed by atoms with van der Waals surface area (Å²) in [7, 11) is 0. The van der Waals surface area contributed by atoms with Crippen molar-refractivity contribution in [1.29, 1.82) is 0 Å². The molecule has 4 heteroatoms. The number of benzene rings is 1. The van der Waals surface area contributed by atoms with Crippen LogP contribution in [0.2, 0.25) is 0 Å². The molecule has 1 aromatic carbocycles. The largest absolute Gasteiger partial charge is 0.396 e. The molecule has 0 spiro atoms. The second-order valence-corrected chi connectivity index (χ2v) is 4.86. The first kappa shape index (κ1) is 13.0. The summed E-state index contributed by atoms with van der Waals surface area (Å²) in [6, 6.07) is 6.76. The number of carbonyl (C=O) groups excluding carboxylic acids is 1. The highest BCUT2D eigenvalue weighted by Gasteiger charge is 2.45. The van der Waals surface area contributed by atoms with Crippen molar-refractivity contribution in [3.8, 4) is 0 Å². The fourth-order valence-corrected chi connectivity index (χ4v) is 2.18. The summed E-state index contributed by atoms with van der Waals surface area (Å²) in [5, 5.41) is 11.5. The van der Waals surface area contributed by atoms with Gasteiger partial charge in [0.05, 0.1) is 0 Å². The number of aliphatic hydroxyl groups excluding tert-OH is 1. The molecule has 1 aromatic rings. The van der Waals surface area contributed by atoms with Crippen LogP contribution in [0.5, 0.6) is 0 Å². The molecule has 0 aromatic heterocycles. The molecule has 1 aliphatic rings. The summed E-state index contributed by atoms with van der Waals surface area (Å²) in [6.45, 7) is 0.504. The van der Waals surface area contributed by atoms with Gasteiger partial charge in [0.15, 0.2) is 0 Å². The first-order chi connectivity index (χ1) is 8.68. The number of hydrogen-bond donors (Lipinski definition) is 2. The highest BCUT2D eigenvalue weighted by atomic mass is 19.1. The van der Waals surface area contributed by atoms with E-state index in [0.717, 1.165) is 12.8 Å². The van der Waals surface area contributed by atoms with Crippen molar-refractivity contribution in [3.63, 3.8) is 0 Å². The van der Waals surface area contributed by atoms with E-state index in [1.54, 1.807) is 12.1 Å². The molecule has 0 saturated heterocycles. The maximum atomic E-state index is 13.7. The monoisotopic (exact) mass is 251 g/mol. The van der Waals surface area contributed by atoms with Gasteiger partial charge in [-0.05, 0) is 30.9 Å². The lowest BCUT2D eigenvalue weighted by molar-refractivity contribution is -0.121. The topological polar surface area (TPSA) is 49.3 Å². The van der Waals surface area contributed by atoms with E-state index in [9.17, 15) is 9.18 Å². The Morgan fingerprint density at radius 3 is 2.72 bits per heavy atom. The van der Waals surface area contributed by atoms with Gasteiger partial charge in [-0.1, -0.05) is 18.2 Å². The highest BCUT2D eigenvalue weighted by Crippen LogP contribution is 2.48. The van der Waals surface area contributed by atoms with E-state index in [1.807, 2.05) is 6.07 Å². The highest BCUT2D eigenvalue weighted by molar-refractivity contribution is 5.76. The van der Waals surface area contributed by atoms with E-state index < -0.39 is 0 Å². The van der Waals surface area contributed by atoms with Crippen LogP contribution in [0.15, 0.2) is 24.3 Å². The third-order valence-corrected chi connectivity index (χ3v) is 3.48. The average Bonchev–Trinajstić information content (AvgIpc) is 3.15. The van der Waals surface area contributed by atoms with Crippen molar-refractivity contribution in [3.05, 3.63) is 35.6 Å².